The predicted molar refractivity (Wildman–Crippen MR) is 74.7 cm³/mol. The van der Waals surface area contributed by atoms with E-state index in [1.54, 1.807) is 0 Å². The summed E-state index contributed by atoms with van der Waals surface area (Å²) in [5, 5.41) is 0.747. The summed E-state index contributed by atoms with van der Waals surface area (Å²) in [6, 6.07) is 13.7. The van der Waals surface area contributed by atoms with Crippen LogP contribution in [0.4, 0.5) is 0 Å². The zero-order chi connectivity index (χ0) is 12.3. The third kappa shape index (κ3) is 3.24. The van der Waals surface area contributed by atoms with E-state index >= 15 is 0 Å². The highest BCUT2D eigenvalue weighted by molar-refractivity contribution is 9.10. The Bertz CT molecular complexity index is 525. The van der Waals surface area contributed by atoms with E-state index in [1.807, 2.05) is 49.4 Å². The molecule has 0 saturated heterocycles. The van der Waals surface area contributed by atoms with Gasteiger partial charge in [-0.05, 0) is 46.6 Å². The molecule has 17 heavy (non-hydrogen) atoms. The van der Waals surface area contributed by atoms with E-state index in [2.05, 4.69) is 15.9 Å². The minimum Gasteiger partial charge on any atom is -0.488 e. The van der Waals surface area contributed by atoms with Crippen LogP contribution in [0.3, 0.4) is 0 Å². The van der Waals surface area contributed by atoms with Crippen LogP contribution in [0.1, 0.15) is 11.1 Å². The number of aryl methyl sites for hydroxylation is 1. The van der Waals surface area contributed by atoms with Crippen molar-refractivity contribution in [2.24, 2.45) is 0 Å². The molecule has 0 aliphatic heterocycles. The van der Waals surface area contributed by atoms with Gasteiger partial charge in [-0.1, -0.05) is 35.9 Å². The lowest BCUT2D eigenvalue weighted by Gasteiger charge is -2.09. The summed E-state index contributed by atoms with van der Waals surface area (Å²) in [6.45, 7) is 2.49. The van der Waals surface area contributed by atoms with Crippen molar-refractivity contribution < 1.29 is 4.74 Å². The standard InChI is InChI=1S/C14H12BrClO/c1-10-6-7-11(13(16)8-10)9-17-14-5-3-2-4-12(14)15/h2-8H,9H2,1H3. The number of rotatable bonds is 3. The summed E-state index contributed by atoms with van der Waals surface area (Å²) < 4.78 is 6.66. The molecule has 0 unspecified atom stereocenters. The summed E-state index contributed by atoms with van der Waals surface area (Å²) in [5.41, 5.74) is 2.15. The van der Waals surface area contributed by atoms with Crippen molar-refractivity contribution in [3.63, 3.8) is 0 Å². The SMILES string of the molecule is Cc1ccc(COc2ccccc2Br)c(Cl)c1. The molecule has 0 aliphatic rings. The first-order chi connectivity index (χ1) is 8.16. The zero-order valence-electron chi connectivity index (χ0n) is 9.41. The Morgan fingerprint density at radius 2 is 1.94 bits per heavy atom. The molecule has 0 amide bonds. The average molecular weight is 312 g/mol. The molecule has 2 aromatic rings. The Labute approximate surface area is 115 Å². The van der Waals surface area contributed by atoms with Gasteiger partial charge in [-0.3, -0.25) is 0 Å². The van der Waals surface area contributed by atoms with Crippen LogP contribution in [0, 0.1) is 6.92 Å². The van der Waals surface area contributed by atoms with Gasteiger partial charge in [0.1, 0.15) is 12.4 Å². The summed E-state index contributed by atoms with van der Waals surface area (Å²) >= 11 is 9.59. The van der Waals surface area contributed by atoms with Gasteiger partial charge >= 0.3 is 0 Å². The molecule has 0 aromatic heterocycles. The molecule has 0 bridgehead atoms. The van der Waals surface area contributed by atoms with Gasteiger partial charge in [-0.25, -0.2) is 0 Å². The first-order valence-electron chi connectivity index (χ1n) is 5.29. The van der Waals surface area contributed by atoms with E-state index in [-0.39, 0.29) is 0 Å². The highest BCUT2D eigenvalue weighted by Crippen LogP contribution is 2.26. The molecule has 2 aromatic carbocycles. The maximum atomic E-state index is 6.14. The molecule has 88 valence electrons. The Hall–Kier alpha value is -0.990. The third-order valence-corrected chi connectivity index (χ3v) is 3.44. The lowest BCUT2D eigenvalue weighted by molar-refractivity contribution is 0.304. The van der Waals surface area contributed by atoms with Crippen molar-refractivity contribution in [3.8, 4) is 5.75 Å². The van der Waals surface area contributed by atoms with Crippen LogP contribution in [-0.2, 0) is 6.61 Å². The molecule has 1 nitrogen and oxygen atoms in total. The van der Waals surface area contributed by atoms with Gasteiger partial charge in [0.05, 0.1) is 4.47 Å². The van der Waals surface area contributed by atoms with Crippen molar-refractivity contribution in [1.82, 2.24) is 0 Å². The van der Waals surface area contributed by atoms with Gasteiger partial charge in [0.2, 0.25) is 0 Å². The molecule has 2 rings (SSSR count). The van der Waals surface area contributed by atoms with Gasteiger partial charge in [-0.15, -0.1) is 0 Å². The maximum Gasteiger partial charge on any atom is 0.133 e. The largest absolute Gasteiger partial charge is 0.488 e. The Kier molecular flexibility index (Phi) is 4.08. The van der Waals surface area contributed by atoms with Crippen LogP contribution in [0.15, 0.2) is 46.9 Å². The molecule has 0 aliphatic carbocycles. The van der Waals surface area contributed by atoms with Gasteiger partial charge in [0.25, 0.3) is 0 Å². The second-order valence-corrected chi connectivity index (χ2v) is 5.08. The summed E-state index contributed by atoms with van der Waals surface area (Å²) in [5.74, 6) is 0.823. The van der Waals surface area contributed by atoms with Crippen LogP contribution in [-0.4, -0.2) is 0 Å². The Balaban J connectivity index is 2.10. The van der Waals surface area contributed by atoms with Crippen molar-refractivity contribution in [3.05, 3.63) is 63.1 Å². The highest BCUT2D eigenvalue weighted by atomic mass is 79.9. The maximum absolute atomic E-state index is 6.14. The number of hydrogen-bond donors (Lipinski definition) is 0. The van der Waals surface area contributed by atoms with Crippen LogP contribution in [0.25, 0.3) is 0 Å². The van der Waals surface area contributed by atoms with E-state index in [1.165, 1.54) is 0 Å². The predicted octanol–water partition coefficient (Wildman–Crippen LogP) is 4.99. The van der Waals surface area contributed by atoms with Gasteiger partial charge in [-0.2, -0.15) is 0 Å². The Morgan fingerprint density at radius 3 is 2.65 bits per heavy atom. The monoisotopic (exact) mass is 310 g/mol. The average Bonchev–Trinajstić information content (AvgIpc) is 2.30. The van der Waals surface area contributed by atoms with Crippen molar-refractivity contribution in [2.45, 2.75) is 13.5 Å². The molecular formula is C14H12BrClO. The van der Waals surface area contributed by atoms with E-state index in [0.717, 1.165) is 26.4 Å². The van der Waals surface area contributed by atoms with Gasteiger partial charge < -0.3 is 4.74 Å². The highest BCUT2D eigenvalue weighted by Gasteiger charge is 2.03. The smallest absolute Gasteiger partial charge is 0.133 e. The van der Waals surface area contributed by atoms with Crippen LogP contribution in [0.5, 0.6) is 5.75 Å². The van der Waals surface area contributed by atoms with Gasteiger partial charge in [0, 0.05) is 10.6 Å². The van der Waals surface area contributed by atoms with Crippen LogP contribution < -0.4 is 4.74 Å². The third-order valence-electron chi connectivity index (χ3n) is 2.43. The number of halogens is 2. The lowest BCUT2D eigenvalue weighted by Crippen LogP contribution is -1.97. The van der Waals surface area contributed by atoms with E-state index in [0.29, 0.717) is 6.61 Å². The van der Waals surface area contributed by atoms with E-state index in [4.69, 9.17) is 16.3 Å². The molecule has 0 atom stereocenters. The summed E-state index contributed by atoms with van der Waals surface area (Å²) in [6.07, 6.45) is 0. The quantitative estimate of drug-likeness (QED) is 0.776. The number of ether oxygens (including phenoxy) is 1. The molecule has 0 N–H and O–H groups in total. The van der Waals surface area contributed by atoms with Crippen molar-refractivity contribution >= 4 is 27.5 Å². The fourth-order valence-electron chi connectivity index (χ4n) is 1.49. The Morgan fingerprint density at radius 1 is 1.18 bits per heavy atom. The normalized spacial score (nSPS) is 10.3. The fourth-order valence-corrected chi connectivity index (χ4v) is 2.18. The minimum absolute atomic E-state index is 0.474. The minimum atomic E-state index is 0.474. The number of benzene rings is 2. The lowest BCUT2D eigenvalue weighted by atomic mass is 10.2. The first-order valence-corrected chi connectivity index (χ1v) is 6.46. The second-order valence-electron chi connectivity index (χ2n) is 3.81. The van der Waals surface area contributed by atoms with Crippen molar-refractivity contribution in [1.29, 1.82) is 0 Å². The van der Waals surface area contributed by atoms with E-state index < -0.39 is 0 Å². The van der Waals surface area contributed by atoms with Crippen LogP contribution in [0.2, 0.25) is 5.02 Å². The summed E-state index contributed by atoms with van der Waals surface area (Å²) in [7, 11) is 0. The van der Waals surface area contributed by atoms with Crippen LogP contribution >= 0.6 is 27.5 Å². The van der Waals surface area contributed by atoms with Gasteiger partial charge in [0.15, 0.2) is 0 Å². The van der Waals surface area contributed by atoms with Crippen molar-refractivity contribution in [2.75, 3.05) is 0 Å². The molecule has 0 spiro atoms. The molecule has 0 heterocycles. The molecular weight excluding hydrogens is 300 g/mol. The first kappa shape index (κ1) is 12.5. The molecule has 3 heteroatoms. The molecule has 0 fully saturated rings. The fraction of sp³-hybridized carbons (Fsp3) is 0.143. The molecule has 0 radical (unpaired) electrons. The van der Waals surface area contributed by atoms with E-state index in [9.17, 15) is 0 Å². The number of hydrogen-bond acceptors (Lipinski definition) is 1. The second kappa shape index (κ2) is 5.56. The summed E-state index contributed by atoms with van der Waals surface area (Å²) in [4.78, 5) is 0. The molecule has 0 saturated carbocycles. The number of para-hydroxylation sites is 1. The zero-order valence-corrected chi connectivity index (χ0v) is 11.8. The topological polar surface area (TPSA) is 9.23 Å².